The Hall–Kier alpha value is -2.20. The normalized spacial score (nSPS) is 16.7. The largest absolute Gasteiger partial charge is 0.487 e. The summed E-state index contributed by atoms with van der Waals surface area (Å²) in [4.78, 5) is 14.3. The molecule has 1 aliphatic heterocycles. The summed E-state index contributed by atoms with van der Waals surface area (Å²) in [5.41, 5.74) is 2.56. The lowest BCUT2D eigenvalue weighted by atomic mass is 10.2. The van der Waals surface area contributed by atoms with Crippen molar-refractivity contribution >= 4 is 29.0 Å². The highest BCUT2D eigenvalue weighted by Crippen LogP contribution is 2.36. The first kappa shape index (κ1) is 14.7. The van der Waals surface area contributed by atoms with E-state index in [9.17, 15) is 4.79 Å². The van der Waals surface area contributed by atoms with E-state index in [4.69, 9.17) is 16.3 Å². The van der Waals surface area contributed by atoms with E-state index in [1.54, 1.807) is 23.1 Å². The minimum atomic E-state index is -0.190. The van der Waals surface area contributed by atoms with Crippen molar-refractivity contribution in [2.75, 3.05) is 16.8 Å². The number of urea groups is 1. The molecule has 0 saturated carbocycles. The van der Waals surface area contributed by atoms with Gasteiger partial charge in [0, 0.05) is 10.7 Å². The number of carbonyl (C=O) groups is 1. The molecule has 4 nitrogen and oxygen atoms in total. The van der Waals surface area contributed by atoms with E-state index in [0.29, 0.717) is 23.0 Å². The number of rotatable bonds is 1. The van der Waals surface area contributed by atoms with Gasteiger partial charge in [0.15, 0.2) is 0 Å². The molecule has 0 spiro atoms. The Bertz CT molecular complexity index is 718. The van der Waals surface area contributed by atoms with Crippen molar-refractivity contribution in [2.45, 2.75) is 20.0 Å². The topological polar surface area (TPSA) is 41.6 Å². The Morgan fingerprint density at radius 1 is 1.32 bits per heavy atom. The molecule has 2 aromatic rings. The maximum atomic E-state index is 12.6. The Labute approximate surface area is 134 Å². The van der Waals surface area contributed by atoms with E-state index in [1.807, 2.05) is 38.1 Å². The molecule has 2 aromatic carbocycles. The van der Waals surface area contributed by atoms with Gasteiger partial charge in [0.05, 0.1) is 12.2 Å². The number of amides is 2. The second kappa shape index (κ2) is 5.89. The molecule has 0 aliphatic carbocycles. The molecule has 5 heteroatoms. The van der Waals surface area contributed by atoms with Crippen molar-refractivity contribution in [3.05, 3.63) is 53.1 Å². The Balaban J connectivity index is 1.88. The third kappa shape index (κ3) is 3.02. The number of nitrogens with one attached hydrogen (secondary N) is 1. The predicted molar refractivity (Wildman–Crippen MR) is 89.1 cm³/mol. The molecule has 1 N–H and O–H groups in total. The molecule has 0 aromatic heterocycles. The summed E-state index contributed by atoms with van der Waals surface area (Å²) in [5, 5.41) is 3.50. The van der Waals surface area contributed by atoms with Crippen LogP contribution in [0.2, 0.25) is 5.02 Å². The van der Waals surface area contributed by atoms with Crippen molar-refractivity contribution in [1.29, 1.82) is 0 Å². The Morgan fingerprint density at radius 2 is 2.14 bits per heavy atom. The zero-order valence-corrected chi connectivity index (χ0v) is 13.2. The van der Waals surface area contributed by atoms with Gasteiger partial charge in [0.25, 0.3) is 0 Å². The zero-order chi connectivity index (χ0) is 15.7. The van der Waals surface area contributed by atoms with Gasteiger partial charge in [-0.05, 0) is 49.7 Å². The highest BCUT2D eigenvalue weighted by molar-refractivity contribution is 6.31. The van der Waals surface area contributed by atoms with Crippen LogP contribution in [0.1, 0.15) is 12.5 Å². The lowest BCUT2D eigenvalue weighted by molar-refractivity contribution is 0.208. The third-order valence-corrected chi connectivity index (χ3v) is 3.73. The highest BCUT2D eigenvalue weighted by atomic mass is 35.5. The van der Waals surface area contributed by atoms with Crippen LogP contribution in [0, 0.1) is 6.92 Å². The summed E-state index contributed by atoms with van der Waals surface area (Å²) in [5.74, 6) is 0.669. The molecule has 1 atom stereocenters. The van der Waals surface area contributed by atoms with E-state index in [2.05, 4.69) is 5.32 Å². The molecule has 3 rings (SSSR count). The van der Waals surface area contributed by atoms with Crippen LogP contribution in [-0.4, -0.2) is 18.7 Å². The molecule has 0 radical (unpaired) electrons. The third-order valence-electron chi connectivity index (χ3n) is 3.49. The van der Waals surface area contributed by atoms with E-state index in [1.165, 1.54) is 0 Å². The highest BCUT2D eigenvalue weighted by Gasteiger charge is 2.28. The number of hydrogen-bond donors (Lipinski definition) is 1. The zero-order valence-electron chi connectivity index (χ0n) is 12.5. The fraction of sp³-hybridized carbons (Fsp3) is 0.235. The summed E-state index contributed by atoms with van der Waals surface area (Å²) in [6.07, 6.45) is -0.0723. The van der Waals surface area contributed by atoms with Crippen LogP contribution in [0.25, 0.3) is 0 Å². The maximum absolute atomic E-state index is 12.6. The lowest BCUT2D eigenvalue weighted by Crippen LogP contribution is -2.44. The van der Waals surface area contributed by atoms with Gasteiger partial charge in [0.1, 0.15) is 11.9 Å². The van der Waals surface area contributed by atoms with Crippen molar-refractivity contribution in [1.82, 2.24) is 0 Å². The smallest absolute Gasteiger partial charge is 0.326 e. The number of fused-ring (bicyclic) bond motifs is 1. The number of aryl methyl sites for hydroxylation is 1. The van der Waals surface area contributed by atoms with Crippen LogP contribution in [0.15, 0.2) is 42.5 Å². The molecule has 0 fully saturated rings. The fourth-order valence-electron chi connectivity index (χ4n) is 2.52. The molecule has 0 bridgehead atoms. The van der Waals surface area contributed by atoms with Crippen molar-refractivity contribution in [3.63, 3.8) is 0 Å². The van der Waals surface area contributed by atoms with E-state index < -0.39 is 0 Å². The standard InChI is InChI=1S/C17H17ClN2O2/c1-11-4-3-5-14(8-11)19-17(21)20-10-12(2)22-16-7-6-13(18)9-15(16)20/h3-9,12H,10H2,1-2H3,(H,19,21)/t12-/m0/s1. The maximum Gasteiger partial charge on any atom is 0.326 e. The molecular weight excluding hydrogens is 300 g/mol. The SMILES string of the molecule is Cc1cccc(NC(=O)N2C[C@H](C)Oc3ccc(Cl)cc32)c1. The number of nitrogens with zero attached hydrogens (tertiary/aromatic N) is 1. The first-order chi connectivity index (χ1) is 10.5. The van der Waals surface area contributed by atoms with Gasteiger partial charge in [-0.15, -0.1) is 0 Å². The van der Waals surface area contributed by atoms with Gasteiger partial charge in [0.2, 0.25) is 0 Å². The number of carbonyl (C=O) groups excluding carboxylic acids is 1. The average molecular weight is 317 g/mol. The molecule has 0 unspecified atom stereocenters. The van der Waals surface area contributed by atoms with E-state index >= 15 is 0 Å². The van der Waals surface area contributed by atoms with Gasteiger partial charge in [-0.1, -0.05) is 23.7 Å². The number of hydrogen-bond acceptors (Lipinski definition) is 2. The van der Waals surface area contributed by atoms with Gasteiger partial charge in [-0.25, -0.2) is 4.79 Å². The molecule has 1 aliphatic rings. The first-order valence-corrected chi connectivity index (χ1v) is 7.52. The summed E-state index contributed by atoms with van der Waals surface area (Å²) in [6, 6.07) is 12.8. The molecular formula is C17H17ClN2O2. The Morgan fingerprint density at radius 3 is 2.91 bits per heavy atom. The number of benzene rings is 2. The van der Waals surface area contributed by atoms with Crippen LogP contribution >= 0.6 is 11.6 Å². The number of halogens is 1. The summed E-state index contributed by atoms with van der Waals surface area (Å²) < 4.78 is 5.76. The first-order valence-electron chi connectivity index (χ1n) is 7.14. The summed E-state index contributed by atoms with van der Waals surface area (Å²) >= 11 is 6.05. The molecule has 1 heterocycles. The van der Waals surface area contributed by atoms with Crippen LogP contribution in [0.5, 0.6) is 5.75 Å². The van der Waals surface area contributed by atoms with Crippen LogP contribution in [0.3, 0.4) is 0 Å². The molecule has 2 amide bonds. The van der Waals surface area contributed by atoms with Crippen molar-refractivity contribution in [2.24, 2.45) is 0 Å². The van der Waals surface area contributed by atoms with Gasteiger partial charge >= 0.3 is 6.03 Å². The molecule has 22 heavy (non-hydrogen) atoms. The van der Waals surface area contributed by atoms with Gasteiger partial charge in [-0.3, -0.25) is 4.90 Å². The lowest BCUT2D eigenvalue weighted by Gasteiger charge is -2.33. The molecule has 0 saturated heterocycles. The van der Waals surface area contributed by atoms with Gasteiger partial charge in [-0.2, -0.15) is 0 Å². The van der Waals surface area contributed by atoms with E-state index in [-0.39, 0.29) is 12.1 Å². The van der Waals surface area contributed by atoms with E-state index in [0.717, 1.165) is 11.3 Å². The van der Waals surface area contributed by atoms with Gasteiger partial charge < -0.3 is 10.1 Å². The number of anilines is 2. The van der Waals surface area contributed by atoms with Crippen molar-refractivity contribution in [3.8, 4) is 5.75 Å². The second-order valence-corrected chi connectivity index (χ2v) is 5.89. The van der Waals surface area contributed by atoms with Crippen LogP contribution in [0.4, 0.5) is 16.2 Å². The number of ether oxygens (including phenoxy) is 1. The van der Waals surface area contributed by atoms with Crippen LogP contribution in [-0.2, 0) is 0 Å². The fourth-order valence-corrected chi connectivity index (χ4v) is 2.68. The summed E-state index contributed by atoms with van der Waals surface area (Å²) in [6.45, 7) is 4.40. The minimum absolute atomic E-state index is 0.0723. The van der Waals surface area contributed by atoms with Crippen molar-refractivity contribution < 1.29 is 9.53 Å². The summed E-state index contributed by atoms with van der Waals surface area (Å²) in [7, 11) is 0. The predicted octanol–water partition coefficient (Wildman–Crippen LogP) is 4.47. The molecule has 114 valence electrons. The monoisotopic (exact) mass is 316 g/mol. The second-order valence-electron chi connectivity index (χ2n) is 5.45. The van der Waals surface area contributed by atoms with Crippen LogP contribution < -0.4 is 15.0 Å². The minimum Gasteiger partial charge on any atom is -0.487 e. The average Bonchev–Trinajstić information content (AvgIpc) is 2.47. The quantitative estimate of drug-likeness (QED) is 0.843. The Kier molecular flexibility index (Phi) is 3.94.